The molecule has 1 heterocycles. The van der Waals surface area contributed by atoms with Crippen LogP contribution in [-0.2, 0) is 4.79 Å². The first-order valence-corrected chi connectivity index (χ1v) is 4.83. The fourth-order valence-corrected chi connectivity index (χ4v) is 1.68. The lowest BCUT2D eigenvalue weighted by Crippen LogP contribution is -2.38. The molecule has 1 radical (unpaired) electrons. The second kappa shape index (κ2) is 4.68. The van der Waals surface area contributed by atoms with Crippen LogP contribution in [0.25, 0.3) is 0 Å². The quantitative estimate of drug-likeness (QED) is 0.527. The zero-order valence-corrected chi connectivity index (χ0v) is 8.45. The standard InChI is InChI=1S/C8H12BF2N2O2/c1-2-3-7(14)13-5-8(10,11)4-6(13)9-12-15/h6H,2-5H2,1H3. The molecule has 83 valence electrons. The van der Waals surface area contributed by atoms with Crippen molar-refractivity contribution in [3.05, 3.63) is 4.91 Å². The molecule has 0 aromatic carbocycles. The Labute approximate surface area is 87.2 Å². The van der Waals surface area contributed by atoms with Crippen molar-refractivity contribution in [1.82, 2.24) is 4.90 Å². The van der Waals surface area contributed by atoms with Crippen LogP contribution in [0.15, 0.2) is 5.09 Å². The minimum atomic E-state index is -2.91. The summed E-state index contributed by atoms with van der Waals surface area (Å²) in [6.45, 7) is 1.19. The number of carbonyl (C=O) groups is 1. The van der Waals surface area contributed by atoms with Gasteiger partial charge >= 0.3 is 7.41 Å². The molecule has 0 saturated carbocycles. The molecule has 4 nitrogen and oxygen atoms in total. The van der Waals surface area contributed by atoms with Crippen molar-refractivity contribution in [3.63, 3.8) is 0 Å². The Kier molecular flexibility index (Phi) is 3.76. The van der Waals surface area contributed by atoms with Gasteiger partial charge in [0.2, 0.25) is 5.91 Å². The number of alkyl halides is 2. The number of carbonyl (C=O) groups excluding carboxylic acids is 1. The summed E-state index contributed by atoms with van der Waals surface area (Å²) >= 11 is 0. The van der Waals surface area contributed by atoms with Crippen LogP contribution in [0.1, 0.15) is 26.2 Å². The highest BCUT2D eigenvalue weighted by Gasteiger charge is 2.47. The van der Waals surface area contributed by atoms with Gasteiger partial charge in [0.25, 0.3) is 5.92 Å². The second-order valence-corrected chi connectivity index (χ2v) is 3.65. The van der Waals surface area contributed by atoms with Crippen LogP contribution in [0.5, 0.6) is 0 Å². The molecule has 1 rings (SSSR count). The van der Waals surface area contributed by atoms with Crippen LogP contribution in [-0.4, -0.2) is 36.6 Å². The van der Waals surface area contributed by atoms with Crippen LogP contribution in [0, 0.1) is 4.91 Å². The van der Waals surface area contributed by atoms with Crippen molar-refractivity contribution in [1.29, 1.82) is 0 Å². The van der Waals surface area contributed by atoms with Crippen molar-refractivity contribution >= 4 is 13.3 Å². The monoisotopic (exact) mass is 217 g/mol. The molecule has 1 aliphatic rings. The summed E-state index contributed by atoms with van der Waals surface area (Å²) in [4.78, 5) is 22.5. The van der Waals surface area contributed by atoms with Crippen LogP contribution < -0.4 is 0 Å². The number of hydrogen-bond acceptors (Lipinski definition) is 3. The molecule has 0 aromatic heterocycles. The van der Waals surface area contributed by atoms with E-state index in [1.807, 2.05) is 0 Å². The Balaban J connectivity index is 2.67. The van der Waals surface area contributed by atoms with Crippen molar-refractivity contribution in [2.45, 2.75) is 38.0 Å². The Hall–Kier alpha value is -1.01. The topological polar surface area (TPSA) is 49.7 Å². The molecule has 0 spiro atoms. The molecular formula is C8H12BF2N2O2. The minimum Gasteiger partial charge on any atom is -0.339 e. The van der Waals surface area contributed by atoms with Crippen molar-refractivity contribution in [3.8, 4) is 0 Å². The first-order valence-electron chi connectivity index (χ1n) is 4.83. The normalized spacial score (nSPS) is 23.9. The number of nitroso groups, excluding NO2 is 1. The average Bonchev–Trinajstić information content (AvgIpc) is 2.42. The predicted octanol–water partition coefficient (Wildman–Crippen LogP) is 1.37. The lowest BCUT2D eigenvalue weighted by atomic mass is 9.81. The van der Waals surface area contributed by atoms with Gasteiger partial charge in [0.15, 0.2) is 0 Å². The van der Waals surface area contributed by atoms with Gasteiger partial charge in [-0.05, 0) is 6.42 Å². The lowest BCUT2D eigenvalue weighted by Gasteiger charge is -2.20. The van der Waals surface area contributed by atoms with Gasteiger partial charge in [-0.3, -0.25) is 4.79 Å². The fourth-order valence-electron chi connectivity index (χ4n) is 1.68. The van der Waals surface area contributed by atoms with E-state index in [4.69, 9.17) is 0 Å². The smallest absolute Gasteiger partial charge is 0.339 e. The summed E-state index contributed by atoms with van der Waals surface area (Å²) < 4.78 is 26.0. The average molecular weight is 217 g/mol. The van der Waals surface area contributed by atoms with E-state index in [0.717, 1.165) is 12.3 Å². The van der Waals surface area contributed by atoms with E-state index in [1.165, 1.54) is 0 Å². The largest absolute Gasteiger partial charge is 0.361 e. The molecule has 7 heteroatoms. The zero-order chi connectivity index (χ0) is 11.5. The van der Waals surface area contributed by atoms with Gasteiger partial charge in [-0.2, -0.15) is 4.91 Å². The zero-order valence-electron chi connectivity index (χ0n) is 8.45. The molecule has 15 heavy (non-hydrogen) atoms. The summed E-state index contributed by atoms with van der Waals surface area (Å²) in [6.07, 6.45) is 0.315. The number of hydrogen-bond donors (Lipinski definition) is 0. The van der Waals surface area contributed by atoms with E-state index in [9.17, 15) is 18.5 Å². The molecule has 1 atom stereocenters. The highest BCUT2D eigenvalue weighted by molar-refractivity contribution is 6.35. The summed E-state index contributed by atoms with van der Waals surface area (Å²) in [5.74, 6) is -4.11. The van der Waals surface area contributed by atoms with Crippen LogP contribution in [0.3, 0.4) is 0 Å². The highest BCUT2D eigenvalue weighted by Crippen LogP contribution is 2.32. The molecule has 0 aromatic rings. The molecule has 0 aliphatic carbocycles. The Bertz CT molecular complexity index is 263. The van der Waals surface area contributed by atoms with Gasteiger partial charge in [-0.25, -0.2) is 8.78 Å². The molecule has 1 aliphatic heterocycles. The number of nitrogens with zero attached hydrogens (tertiary/aromatic N) is 2. The molecule has 1 unspecified atom stereocenters. The number of likely N-dealkylation sites (tertiary alicyclic amines) is 1. The van der Waals surface area contributed by atoms with E-state index in [2.05, 4.69) is 5.09 Å². The van der Waals surface area contributed by atoms with Crippen LogP contribution in [0.4, 0.5) is 8.78 Å². The maximum absolute atomic E-state index is 13.0. The fraction of sp³-hybridized carbons (Fsp3) is 0.875. The van der Waals surface area contributed by atoms with Gasteiger partial charge in [-0.15, -0.1) is 5.09 Å². The van der Waals surface area contributed by atoms with E-state index < -0.39 is 24.8 Å². The number of halogens is 2. The van der Waals surface area contributed by atoms with Gasteiger partial charge in [0.05, 0.1) is 6.54 Å². The molecule has 1 saturated heterocycles. The molecule has 1 fully saturated rings. The van der Waals surface area contributed by atoms with Gasteiger partial charge in [0.1, 0.15) is 0 Å². The van der Waals surface area contributed by atoms with E-state index >= 15 is 0 Å². The van der Waals surface area contributed by atoms with Crippen molar-refractivity contribution < 1.29 is 13.6 Å². The molecule has 1 amide bonds. The number of rotatable bonds is 4. The predicted molar refractivity (Wildman–Crippen MR) is 51.5 cm³/mol. The summed E-state index contributed by atoms with van der Waals surface area (Å²) in [5, 5.41) is 2.47. The summed E-state index contributed by atoms with van der Waals surface area (Å²) in [7, 11) is 0.870. The van der Waals surface area contributed by atoms with Gasteiger partial charge in [-0.1, -0.05) is 6.92 Å². The summed E-state index contributed by atoms with van der Waals surface area (Å²) in [5.41, 5.74) is 0. The summed E-state index contributed by atoms with van der Waals surface area (Å²) in [6, 6.07) is 0. The number of amides is 1. The molecular weight excluding hydrogens is 205 g/mol. The van der Waals surface area contributed by atoms with E-state index in [0.29, 0.717) is 6.42 Å². The SMILES string of the molecule is CCCC(=O)N1CC(F)(F)CC1[B]N=O. The Morgan fingerprint density at radius 2 is 2.33 bits per heavy atom. The van der Waals surface area contributed by atoms with Crippen LogP contribution in [0.2, 0.25) is 0 Å². The third kappa shape index (κ3) is 2.97. The third-order valence-corrected chi connectivity index (χ3v) is 2.33. The van der Waals surface area contributed by atoms with E-state index in [1.54, 1.807) is 6.92 Å². The molecule has 0 N–H and O–H groups in total. The maximum Gasteiger partial charge on any atom is 0.361 e. The first kappa shape index (κ1) is 12.1. The van der Waals surface area contributed by atoms with Gasteiger partial charge < -0.3 is 4.90 Å². The highest BCUT2D eigenvalue weighted by atomic mass is 19.3. The minimum absolute atomic E-state index is 0.222. The third-order valence-electron chi connectivity index (χ3n) is 2.33. The van der Waals surface area contributed by atoms with Crippen molar-refractivity contribution in [2.24, 2.45) is 5.09 Å². The lowest BCUT2D eigenvalue weighted by molar-refractivity contribution is -0.132. The van der Waals surface area contributed by atoms with E-state index in [-0.39, 0.29) is 12.3 Å². The maximum atomic E-state index is 13.0. The van der Waals surface area contributed by atoms with Gasteiger partial charge in [0, 0.05) is 18.8 Å². The molecule has 0 bridgehead atoms. The Morgan fingerprint density at radius 3 is 2.87 bits per heavy atom. The second-order valence-electron chi connectivity index (χ2n) is 3.65. The van der Waals surface area contributed by atoms with Crippen LogP contribution >= 0.6 is 0 Å². The van der Waals surface area contributed by atoms with Crippen molar-refractivity contribution in [2.75, 3.05) is 6.54 Å². The Morgan fingerprint density at radius 1 is 1.67 bits per heavy atom. The first-order chi connectivity index (χ1) is 7.00.